The highest BCUT2D eigenvalue weighted by Gasteiger charge is 2.26. The fourth-order valence-electron chi connectivity index (χ4n) is 3.56. The van der Waals surface area contributed by atoms with Gasteiger partial charge in [-0.05, 0) is 23.8 Å². The summed E-state index contributed by atoms with van der Waals surface area (Å²) in [6.45, 7) is 2.57. The Hall–Kier alpha value is -2.93. The second-order valence-electron chi connectivity index (χ2n) is 6.83. The van der Waals surface area contributed by atoms with Gasteiger partial charge in [0.05, 0.1) is 25.3 Å². The van der Waals surface area contributed by atoms with E-state index in [4.69, 9.17) is 22.1 Å². The number of urea groups is 1. The summed E-state index contributed by atoms with van der Waals surface area (Å²) in [5.74, 6) is 0.764. The van der Waals surface area contributed by atoms with Crippen molar-refractivity contribution >= 4 is 29.2 Å². The van der Waals surface area contributed by atoms with Gasteiger partial charge >= 0.3 is 6.03 Å². The smallest absolute Gasteiger partial charge is 0.312 e. The molecule has 1 atom stereocenters. The first kappa shape index (κ1) is 20.8. The normalized spacial score (nSPS) is 15.0. The third kappa shape index (κ3) is 5.12. The maximum absolute atomic E-state index is 12.9. The molecule has 1 saturated heterocycles. The van der Waals surface area contributed by atoms with E-state index in [0.717, 1.165) is 11.4 Å². The number of ether oxygens (including phenoxy) is 1. The lowest BCUT2D eigenvalue weighted by molar-refractivity contribution is -0.132. The van der Waals surface area contributed by atoms with Gasteiger partial charge in [-0.2, -0.15) is 0 Å². The van der Waals surface area contributed by atoms with Crippen molar-refractivity contribution in [1.82, 2.24) is 10.2 Å². The van der Waals surface area contributed by atoms with Gasteiger partial charge < -0.3 is 25.6 Å². The maximum Gasteiger partial charge on any atom is 0.312 e. The molecule has 8 heteroatoms. The molecule has 3 rings (SSSR count). The van der Waals surface area contributed by atoms with Crippen LogP contribution in [0.4, 0.5) is 10.5 Å². The lowest BCUT2D eigenvalue weighted by Crippen LogP contribution is -2.49. The van der Waals surface area contributed by atoms with Crippen LogP contribution in [-0.4, -0.2) is 50.1 Å². The van der Waals surface area contributed by atoms with Crippen molar-refractivity contribution in [2.45, 2.75) is 12.5 Å². The zero-order valence-electron chi connectivity index (χ0n) is 16.3. The number of carbonyl (C=O) groups excluding carboxylic acids is 2. The fourth-order valence-corrected chi connectivity index (χ4v) is 3.83. The monoisotopic (exact) mass is 416 g/mol. The van der Waals surface area contributed by atoms with Gasteiger partial charge in [0.15, 0.2) is 0 Å². The van der Waals surface area contributed by atoms with Gasteiger partial charge in [0, 0.05) is 31.2 Å². The molecule has 0 bridgehead atoms. The number of hydrogen-bond donors (Lipinski definition) is 2. The van der Waals surface area contributed by atoms with Crippen LogP contribution in [-0.2, 0) is 4.79 Å². The first-order valence-electron chi connectivity index (χ1n) is 9.45. The number of primary amides is 1. The van der Waals surface area contributed by atoms with Gasteiger partial charge in [-0.15, -0.1) is 0 Å². The molecular formula is C21H25ClN4O3. The predicted octanol–water partition coefficient (Wildman–Crippen LogP) is 2.80. The summed E-state index contributed by atoms with van der Waals surface area (Å²) in [7, 11) is 1.65. The molecular weight excluding hydrogens is 392 g/mol. The Morgan fingerprint density at radius 3 is 2.41 bits per heavy atom. The van der Waals surface area contributed by atoms with Crippen LogP contribution < -0.4 is 20.7 Å². The van der Waals surface area contributed by atoms with E-state index in [1.165, 1.54) is 0 Å². The molecule has 0 spiro atoms. The van der Waals surface area contributed by atoms with E-state index in [1.54, 1.807) is 30.2 Å². The van der Waals surface area contributed by atoms with E-state index in [-0.39, 0.29) is 12.3 Å². The summed E-state index contributed by atoms with van der Waals surface area (Å²) in [6.07, 6.45) is 0.0985. The van der Waals surface area contributed by atoms with Crippen LogP contribution in [0.2, 0.25) is 5.02 Å². The molecule has 0 radical (unpaired) electrons. The first-order chi connectivity index (χ1) is 14.0. The van der Waals surface area contributed by atoms with Crippen LogP contribution >= 0.6 is 11.6 Å². The van der Waals surface area contributed by atoms with E-state index in [1.807, 2.05) is 30.3 Å². The summed E-state index contributed by atoms with van der Waals surface area (Å²) in [4.78, 5) is 28.3. The molecule has 1 fully saturated rings. The minimum Gasteiger partial charge on any atom is -0.495 e. The van der Waals surface area contributed by atoms with Crippen LogP contribution in [0.5, 0.6) is 5.75 Å². The second-order valence-corrected chi connectivity index (χ2v) is 7.23. The number of nitrogens with one attached hydrogen (secondary N) is 1. The van der Waals surface area contributed by atoms with E-state index in [9.17, 15) is 9.59 Å². The molecule has 0 aliphatic carbocycles. The van der Waals surface area contributed by atoms with E-state index in [0.29, 0.717) is 36.8 Å². The quantitative estimate of drug-likeness (QED) is 0.757. The minimum absolute atomic E-state index is 0.0525. The molecule has 7 nitrogen and oxygen atoms in total. The number of rotatable bonds is 6. The Balaban J connectivity index is 1.65. The van der Waals surface area contributed by atoms with Crippen molar-refractivity contribution in [3.8, 4) is 5.75 Å². The van der Waals surface area contributed by atoms with Crippen LogP contribution in [0.15, 0.2) is 48.5 Å². The number of benzene rings is 2. The second kappa shape index (κ2) is 9.52. The number of nitrogens with two attached hydrogens (primary N) is 1. The van der Waals surface area contributed by atoms with Crippen LogP contribution in [0.3, 0.4) is 0 Å². The minimum atomic E-state index is -0.691. The molecule has 2 aromatic carbocycles. The van der Waals surface area contributed by atoms with Crippen molar-refractivity contribution < 1.29 is 14.3 Å². The summed E-state index contributed by atoms with van der Waals surface area (Å²) in [5.41, 5.74) is 7.00. The van der Waals surface area contributed by atoms with Gasteiger partial charge in [-0.1, -0.05) is 41.9 Å². The Kier molecular flexibility index (Phi) is 6.82. The number of hydrogen-bond acceptors (Lipinski definition) is 4. The average molecular weight is 417 g/mol. The predicted molar refractivity (Wildman–Crippen MR) is 113 cm³/mol. The average Bonchev–Trinajstić information content (AvgIpc) is 2.73. The number of halogens is 1. The third-order valence-corrected chi connectivity index (χ3v) is 5.38. The van der Waals surface area contributed by atoms with Crippen molar-refractivity contribution in [3.63, 3.8) is 0 Å². The number of anilines is 1. The van der Waals surface area contributed by atoms with E-state index < -0.39 is 12.1 Å². The largest absolute Gasteiger partial charge is 0.495 e. The number of piperazine rings is 1. The standard InChI is InChI=1S/C21H25ClN4O3/c1-29-19-9-5-4-8-18(19)25-10-12-26(13-11-25)20(27)14-17(24-21(23)28)15-6-2-3-7-16(15)22/h2-9,17H,10-14H2,1H3,(H3,23,24,28). The van der Waals surface area contributed by atoms with E-state index in [2.05, 4.69) is 10.2 Å². The lowest BCUT2D eigenvalue weighted by atomic mass is 10.0. The zero-order valence-corrected chi connectivity index (χ0v) is 17.1. The van der Waals surface area contributed by atoms with Gasteiger partial charge in [0.2, 0.25) is 5.91 Å². The molecule has 1 unspecified atom stereocenters. The van der Waals surface area contributed by atoms with Crippen LogP contribution in [0.25, 0.3) is 0 Å². The van der Waals surface area contributed by atoms with Gasteiger partial charge in [0.25, 0.3) is 0 Å². The van der Waals surface area contributed by atoms with Gasteiger partial charge in [-0.25, -0.2) is 4.79 Å². The number of amides is 3. The Morgan fingerprint density at radius 2 is 1.76 bits per heavy atom. The molecule has 0 aromatic heterocycles. The highest BCUT2D eigenvalue weighted by molar-refractivity contribution is 6.31. The molecule has 1 aliphatic rings. The fraction of sp³-hybridized carbons (Fsp3) is 0.333. The summed E-state index contributed by atoms with van der Waals surface area (Å²) in [6, 6.07) is 13.7. The summed E-state index contributed by atoms with van der Waals surface area (Å²) >= 11 is 6.25. The van der Waals surface area contributed by atoms with Crippen LogP contribution in [0.1, 0.15) is 18.0 Å². The van der Waals surface area contributed by atoms with Crippen molar-refractivity contribution in [2.75, 3.05) is 38.2 Å². The summed E-state index contributed by atoms with van der Waals surface area (Å²) < 4.78 is 5.44. The molecule has 0 saturated carbocycles. The molecule has 29 heavy (non-hydrogen) atoms. The van der Waals surface area contributed by atoms with Crippen LogP contribution in [0, 0.1) is 0 Å². The van der Waals surface area contributed by atoms with E-state index >= 15 is 0 Å². The number of nitrogens with zero attached hydrogens (tertiary/aromatic N) is 2. The highest BCUT2D eigenvalue weighted by Crippen LogP contribution is 2.29. The molecule has 3 amide bonds. The Bertz CT molecular complexity index is 869. The number of para-hydroxylation sites is 2. The van der Waals surface area contributed by atoms with Crippen molar-refractivity contribution in [2.24, 2.45) is 5.73 Å². The third-order valence-electron chi connectivity index (χ3n) is 5.03. The van der Waals surface area contributed by atoms with Gasteiger partial charge in [-0.3, -0.25) is 4.79 Å². The summed E-state index contributed by atoms with van der Waals surface area (Å²) in [5, 5.41) is 3.12. The molecule has 1 heterocycles. The zero-order chi connectivity index (χ0) is 20.8. The first-order valence-corrected chi connectivity index (χ1v) is 9.83. The number of methoxy groups -OCH3 is 1. The Morgan fingerprint density at radius 1 is 1.10 bits per heavy atom. The lowest BCUT2D eigenvalue weighted by Gasteiger charge is -2.37. The molecule has 3 N–H and O–H groups in total. The molecule has 2 aromatic rings. The van der Waals surface area contributed by atoms with Crippen molar-refractivity contribution in [3.05, 3.63) is 59.1 Å². The highest BCUT2D eigenvalue weighted by atomic mass is 35.5. The number of carbonyl (C=O) groups is 2. The van der Waals surface area contributed by atoms with Gasteiger partial charge in [0.1, 0.15) is 5.75 Å². The topological polar surface area (TPSA) is 87.9 Å². The molecule has 1 aliphatic heterocycles. The van der Waals surface area contributed by atoms with Crippen molar-refractivity contribution in [1.29, 1.82) is 0 Å². The SMILES string of the molecule is COc1ccccc1N1CCN(C(=O)CC(NC(N)=O)c2ccccc2Cl)CC1. The Labute approximate surface area is 175 Å². The molecule has 154 valence electrons. The maximum atomic E-state index is 12.9.